The van der Waals surface area contributed by atoms with Crippen molar-refractivity contribution in [1.82, 2.24) is 0 Å². The third-order valence-corrected chi connectivity index (χ3v) is 4.50. The van der Waals surface area contributed by atoms with Gasteiger partial charge in [0, 0.05) is 28.0 Å². The van der Waals surface area contributed by atoms with Gasteiger partial charge in [0.2, 0.25) is 5.69 Å². The lowest BCUT2D eigenvalue weighted by molar-refractivity contribution is -0.660. The number of hydrogen-bond donors (Lipinski definition) is 0. The number of nitrogens with zero attached hydrogens (tertiary/aromatic N) is 2. The van der Waals surface area contributed by atoms with Crippen molar-refractivity contribution in [3.05, 3.63) is 71.2 Å². The number of hydrogen-bond acceptors (Lipinski definition) is 1. The van der Waals surface area contributed by atoms with Crippen LogP contribution in [0.15, 0.2) is 53.1 Å². The molecule has 3 nitrogen and oxygen atoms in total. The Morgan fingerprint density at radius 2 is 1.88 bits per heavy atom. The molecule has 4 aromatic rings. The number of rotatable bonds is 1. The van der Waals surface area contributed by atoms with Crippen LogP contribution in [0.3, 0.4) is 0 Å². The van der Waals surface area contributed by atoms with Gasteiger partial charge in [-0.2, -0.15) is 0 Å². The van der Waals surface area contributed by atoms with Crippen molar-refractivity contribution in [1.29, 1.82) is 0 Å². The van der Waals surface area contributed by atoms with E-state index in [1.54, 1.807) is 0 Å². The van der Waals surface area contributed by atoms with Gasteiger partial charge in [0.05, 0.1) is 6.57 Å². The van der Waals surface area contributed by atoms with Crippen molar-refractivity contribution < 1.29 is 8.98 Å². The molecule has 0 spiro atoms. The van der Waals surface area contributed by atoms with Crippen molar-refractivity contribution in [3.8, 4) is 11.3 Å². The SMILES string of the molecule is [C-]#[N+]c1cccc2oc3cc(C)c(-c4ccc(C)c[n+]4C)cc3c12. The average molecular weight is 313 g/mol. The van der Waals surface area contributed by atoms with E-state index in [9.17, 15) is 0 Å². The molecule has 2 aromatic heterocycles. The maximum absolute atomic E-state index is 7.44. The second-order valence-electron chi connectivity index (χ2n) is 6.23. The molecule has 0 aliphatic heterocycles. The van der Waals surface area contributed by atoms with Crippen LogP contribution in [0.4, 0.5) is 5.69 Å². The molecular weight excluding hydrogens is 296 g/mol. The van der Waals surface area contributed by atoms with Crippen molar-refractivity contribution >= 4 is 27.6 Å². The van der Waals surface area contributed by atoms with Gasteiger partial charge in [-0.05, 0) is 43.7 Å². The lowest BCUT2D eigenvalue weighted by Gasteiger charge is -2.05. The number of fused-ring (bicyclic) bond motifs is 3. The minimum absolute atomic E-state index is 0.634. The van der Waals surface area contributed by atoms with E-state index in [0.29, 0.717) is 5.69 Å². The Hall–Kier alpha value is -3.12. The van der Waals surface area contributed by atoms with Gasteiger partial charge in [-0.15, -0.1) is 0 Å². The van der Waals surface area contributed by atoms with E-state index in [0.717, 1.165) is 38.8 Å². The number of aryl methyl sites for hydroxylation is 3. The summed E-state index contributed by atoms with van der Waals surface area (Å²) in [5.41, 5.74) is 6.92. The molecule has 0 fully saturated rings. The molecule has 0 aliphatic carbocycles. The Kier molecular flexibility index (Phi) is 3.14. The molecule has 0 N–H and O–H groups in total. The molecule has 0 unspecified atom stereocenters. The summed E-state index contributed by atoms with van der Waals surface area (Å²) in [4.78, 5) is 3.66. The molecule has 116 valence electrons. The number of pyridine rings is 1. The first-order chi connectivity index (χ1) is 11.6. The predicted octanol–water partition coefficient (Wildman–Crippen LogP) is 5.25. The highest BCUT2D eigenvalue weighted by molar-refractivity contribution is 6.12. The fourth-order valence-corrected chi connectivity index (χ4v) is 3.35. The second kappa shape index (κ2) is 5.21. The maximum atomic E-state index is 7.44. The zero-order valence-corrected chi connectivity index (χ0v) is 13.9. The summed E-state index contributed by atoms with van der Waals surface area (Å²) < 4.78 is 8.11. The van der Waals surface area contributed by atoms with E-state index in [2.05, 4.69) is 60.8 Å². The quantitative estimate of drug-likeness (QED) is 0.347. The van der Waals surface area contributed by atoms with Gasteiger partial charge in [-0.1, -0.05) is 12.1 Å². The summed E-state index contributed by atoms with van der Waals surface area (Å²) in [5, 5.41) is 1.90. The van der Waals surface area contributed by atoms with Crippen molar-refractivity contribution in [2.75, 3.05) is 0 Å². The van der Waals surface area contributed by atoms with Crippen LogP contribution in [-0.2, 0) is 7.05 Å². The molecule has 0 aliphatic rings. The zero-order valence-electron chi connectivity index (χ0n) is 13.9. The van der Waals surface area contributed by atoms with Gasteiger partial charge in [-0.3, -0.25) is 0 Å². The molecule has 0 atom stereocenters. The van der Waals surface area contributed by atoms with Gasteiger partial charge in [0.25, 0.3) is 0 Å². The third kappa shape index (κ3) is 2.08. The van der Waals surface area contributed by atoms with Crippen LogP contribution in [0.25, 0.3) is 38.0 Å². The molecule has 24 heavy (non-hydrogen) atoms. The zero-order chi connectivity index (χ0) is 16.8. The van der Waals surface area contributed by atoms with Gasteiger partial charge < -0.3 is 4.42 Å². The molecule has 0 amide bonds. The summed E-state index contributed by atoms with van der Waals surface area (Å²) in [6, 6.07) is 14.1. The number of furan rings is 1. The molecular formula is C21H17N2O+. The van der Waals surface area contributed by atoms with E-state index >= 15 is 0 Å². The minimum Gasteiger partial charge on any atom is -0.457 e. The van der Waals surface area contributed by atoms with E-state index in [1.165, 1.54) is 5.56 Å². The lowest BCUT2D eigenvalue weighted by Crippen LogP contribution is -2.31. The summed E-state index contributed by atoms with van der Waals surface area (Å²) in [6.45, 7) is 11.6. The van der Waals surface area contributed by atoms with Crippen molar-refractivity contribution in [2.45, 2.75) is 13.8 Å². The number of aromatic nitrogens is 1. The second-order valence-corrected chi connectivity index (χ2v) is 6.23. The molecule has 3 heteroatoms. The van der Waals surface area contributed by atoms with Crippen LogP contribution < -0.4 is 4.57 Å². The van der Waals surface area contributed by atoms with Crippen LogP contribution in [-0.4, -0.2) is 0 Å². The normalized spacial score (nSPS) is 11.1. The Bertz CT molecular complexity index is 1150. The van der Waals surface area contributed by atoms with Crippen LogP contribution in [0.5, 0.6) is 0 Å². The molecule has 4 rings (SSSR count). The van der Waals surface area contributed by atoms with Crippen LogP contribution in [0, 0.1) is 20.4 Å². The van der Waals surface area contributed by atoms with E-state index < -0.39 is 0 Å². The molecule has 0 radical (unpaired) electrons. The molecule has 2 heterocycles. The van der Waals surface area contributed by atoms with Crippen molar-refractivity contribution in [2.24, 2.45) is 7.05 Å². The fraction of sp³-hybridized carbons (Fsp3) is 0.143. The van der Waals surface area contributed by atoms with Gasteiger partial charge >= 0.3 is 0 Å². The highest BCUT2D eigenvalue weighted by atomic mass is 16.3. The van der Waals surface area contributed by atoms with Gasteiger partial charge in [-0.25, -0.2) is 9.41 Å². The summed E-state index contributed by atoms with van der Waals surface area (Å²) in [5.74, 6) is 0. The largest absolute Gasteiger partial charge is 0.457 e. The van der Waals surface area contributed by atoms with E-state index in [4.69, 9.17) is 11.0 Å². The molecule has 0 saturated heterocycles. The molecule has 2 aromatic carbocycles. The van der Waals surface area contributed by atoms with Gasteiger partial charge in [0.1, 0.15) is 18.2 Å². The summed E-state index contributed by atoms with van der Waals surface area (Å²) in [7, 11) is 2.06. The summed E-state index contributed by atoms with van der Waals surface area (Å²) >= 11 is 0. The first kappa shape index (κ1) is 14.5. The minimum atomic E-state index is 0.634. The standard InChI is InChI=1S/C21H17N2O/c1-13-8-9-18(23(4)12-13)15-11-16-20(10-14(15)2)24-19-7-5-6-17(22-3)21(16)19/h5-12H,1-2,4H3/q+1. The van der Waals surface area contributed by atoms with E-state index in [-0.39, 0.29) is 0 Å². The van der Waals surface area contributed by atoms with E-state index in [1.807, 2.05) is 18.2 Å². The number of benzene rings is 2. The first-order valence-electron chi connectivity index (χ1n) is 7.88. The lowest BCUT2D eigenvalue weighted by atomic mass is 10.0. The van der Waals surface area contributed by atoms with Crippen LogP contribution in [0.1, 0.15) is 11.1 Å². The highest BCUT2D eigenvalue weighted by Gasteiger charge is 2.17. The Morgan fingerprint density at radius 1 is 1.04 bits per heavy atom. The van der Waals surface area contributed by atoms with Crippen molar-refractivity contribution in [3.63, 3.8) is 0 Å². The topological polar surface area (TPSA) is 21.4 Å². The Labute approximate surface area is 140 Å². The molecule has 0 bridgehead atoms. The smallest absolute Gasteiger partial charge is 0.212 e. The van der Waals surface area contributed by atoms with Crippen LogP contribution >= 0.6 is 0 Å². The average Bonchev–Trinajstić information content (AvgIpc) is 2.91. The monoisotopic (exact) mass is 313 g/mol. The maximum Gasteiger partial charge on any atom is 0.212 e. The first-order valence-corrected chi connectivity index (χ1v) is 7.88. The fourth-order valence-electron chi connectivity index (χ4n) is 3.35. The van der Waals surface area contributed by atoms with Crippen LogP contribution in [0.2, 0.25) is 0 Å². The predicted molar refractivity (Wildman–Crippen MR) is 96.1 cm³/mol. The third-order valence-electron chi connectivity index (χ3n) is 4.50. The highest BCUT2D eigenvalue weighted by Crippen LogP contribution is 2.38. The Balaban J connectivity index is 2.09. The molecule has 0 saturated carbocycles. The van der Waals surface area contributed by atoms with Gasteiger partial charge in [0.15, 0.2) is 11.9 Å². The Morgan fingerprint density at radius 3 is 2.62 bits per heavy atom. The summed E-state index contributed by atoms with van der Waals surface area (Å²) in [6.07, 6.45) is 2.12.